The molecule has 5 heteroatoms. The van der Waals surface area contributed by atoms with Gasteiger partial charge in [-0.05, 0) is 34.8 Å². The monoisotopic (exact) mass is 303 g/mol. The number of rotatable bonds is 5. The van der Waals surface area contributed by atoms with Crippen molar-refractivity contribution in [3.05, 3.63) is 16.1 Å². The maximum Gasteiger partial charge on any atom is 0.167 e. The molecule has 1 atom stereocenters. The van der Waals surface area contributed by atoms with Crippen molar-refractivity contribution < 1.29 is 14.6 Å². The third kappa shape index (κ3) is 2.84. The van der Waals surface area contributed by atoms with E-state index in [0.717, 1.165) is 12.0 Å². The van der Waals surface area contributed by atoms with Crippen LogP contribution in [0.1, 0.15) is 24.8 Å². The molecular formula is C12H18BrNO3. The van der Waals surface area contributed by atoms with Crippen LogP contribution in [0.2, 0.25) is 0 Å². The van der Waals surface area contributed by atoms with Gasteiger partial charge in [-0.15, -0.1) is 0 Å². The summed E-state index contributed by atoms with van der Waals surface area (Å²) >= 11 is 3.30. The average Bonchev–Trinajstić information content (AvgIpc) is 2.31. The second-order valence-corrected chi connectivity index (χ2v) is 4.69. The van der Waals surface area contributed by atoms with Crippen molar-refractivity contribution in [2.75, 3.05) is 20.8 Å². The highest BCUT2D eigenvalue weighted by Crippen LogP contribution is 2.46. The third-order valence-corrected chi connectivity index (χ3v) is 3.33. The van der Waals surface area contributed by atoms with Crippen LogP contribution in [0.3, 0.4) is 0 Å². The van der Waals surface area contributed by atoms with Crippen LogP contribution in [0.4, 0.5) is 0 Å². The normalized spacial score (nSPS) is 12.3. The van der Waals surface area contributed by atoms with E-state index >= 15 is 0 Å². The van der Waals surface area contributed by atoms with Gasteiger partial charge in [0.05, 0.1) is 18.7 Å². The van der Waals surface area contributed by atoms with Gasteiger partial charge in [-0.1, -0.05) is 6.92 Å². The lowest BCUT2D eigenvalue weighted by atomic mass is 9.95. The van der Waals surface area contributed by atoms with Crippen LogP contribution < -0.4 is 15.2 Å². The first kappa shape index (κ1) is 14.1. The summed E-state index contributed by atoms with van der Waals surface area (Å²) in [5.74, 6) is 1.44. The molecule has 0 aromatic heterocycles. The number of phenolic OH excluding ortho intramolecular Hbond substituents is 1. The highest BCUT2D eigenvalue weighted by atomic mass is 79.9. The zero-order chi connectivity index (χ0) is 13.0. The number of aromatic hydroxyl groups is 1. The summed E-state index contributed by atoms with van der Waals surface area (Å²) in [5.41, 5.74) is 6.28. The molecule has 96 valence electrons. The Bertz CT molecular complexity index is 396. The summed E-state index contributed by atoms with van der Waals surface area (Å²) in [4.78, 5) is 0. The smallest absolute Gasteiger partial charge is 0.167 e. The molecular weight excluding hydrogens is 286 g/mol. The Morgan fingerprint density at radius 2 is 2.06 bits per heavy atom. The van der Waals surface area contributed by atoms with Crippen molar-refractivity contribution in [2.45, 2.75) is 19.3 Å². The number of methoxy groups -OCH3 is 2. The second kappa shape index (κ2) is 6.12. The minimum absolute atomic E-state index is 0.0985. The largest absolute Gasteiger partial charge is 0.506 e. The quantitative estimate of drug-likeness (QED) is 0.877. The molecule has 17 heavy (non-hydrogen) atoms. The van der Waals surface area contributed by atoms with Crippen LogP contribution >= 0.6 is 15.9 Å². The highest BCUT2D eigenvalue weighted by Gasteiger charge is 2.22. The Balaban J connectivity index is 3.37. The van der Waals surface area contributed by atoms with E-state index in [4.69, 9.17) is 15.2 Å². The molecule has 1 rings (SSSR count). The van der Waals surface area contributed by atoms with Crippen molar-refractivity contribution in [1.82, 2.24) is 0 Å². The SMILES string of the molecule is COc1cc(Br)c(O)c(C(C)CCN)c1OC. The van der Waals surface area contributed by atoms with Gasteiger partial charge in [-0.3, -0.25) is 0 Å². The van der Waals surface area contributed by atoms with Gasteiger partial charge in [0, 0.05) is 11.6 Å². The summed E-state index contributed by atoms with van der Waals surface area (Å²) in [6, 6.07) is 1.69. The molecule has 0 radical (unpaired) electrons. The molecule has 0 saturated heterocycles. The first-order chi connectivity index (χ1) is 8.06. The molecule has 1 aromatic carbocycles. The van der Waals surface area contributed by atoms with E-state index in [1.54, 1.807) is 20.3 Å². The lowest BCUT2D eigenvalue weighted by Gasteiger charge is -2.19. The van der Waals surface area contributed by atoms with Gasteiger partial charge in [0.2, 0.25) is 0 Å². The van der Waals surface area contributed by atoms with Gasteiger partial charge >= 0.3 is 0 Å². The summed E-state index contributed by atoms with van der Waals surface area (Å²) in [6.45, 7) is 2.55. The minimum Gasteiger partial charge on any atom is -0.506 e. The number of benzene rings is 1. The van der Waals surface area contributed by atoms with Crippen molar-refractivity contribution >= 4 is 15.9 Å². The predicted octanol–water partition coefficient (Wildman–Crippen LogP) is 2.62. The Kier molecular flexibility index (Phi) is 5.08. The Labute approximate surface area is 110 Å². The standard InChI is InChI=1S/C12H18BrNO3/c1-7(4-5-14)10-11(15)8(13)6-9(16-2)12(10)17-3/h6-7,15H,4-5,14H2,1-3H3. The molecule has 1 aromatic rings. The lowest BCUT2D eigenvalue weighted by Crippen LogP contribution is -2.07. The fourth-order valence-corrected chi connectivity index (χ4v) is 2.25. The van der Waals surface area contributed by atoms with E-state index in [2.05, 4.69) is 15.9 Å². The zero-order valence-electron chi connectivity index (χ0n) is 10.3. The van der Waals surface area contributed by atoms with Gasteiger partial charge in [-0.2, -0.15) is 0 Å². The van der Waals surface area contributed by atoms with E-state index < -0.39 is 0 Å². The molecule has 0 amide bonds. The predicted molar refractivity (Wildman–Crippen MR) is 71.0 cm³/mol. The van der Waals surface area contributed by atoms with E-state index in [0.29, 0.717) is 22.5 Å². The third-order valence-electron chi connectivity index (χ3n) is 2.72. The average molecular weight is 304 g/mol. The van der Waals surface area contributed by atoms with Crippen LogP contribution in [0.15, 0.2) is 10.5 Å². The summed E-state index contributed by atoms with van der Waals surface area (Å²) in [7, 11) is 3.13. The number of hydrogen-bond donors (Lipinski definition) is 2. The molecule has 0 saturated carbocycles. The Hall–Kier alpha value is -0.940. The topological polar surface area (TPSA) is 64.7 Å². The van der Waals surface area contributed by atoms with E-state index in [1.807, 2.05) is 6.92 Å². The van der Waals surface area contributed by atoms with Crippen LogP contribution in [0.25, 0.3) is 0 Å². The molecule has 0 aliphatic rings. The molecule has 0 heterocycles. The molecule has 1 unspecified atom stereocenters. The van der Waals surface area contributed by atoms with Crippen LogP contribution in [-0.2, 0) is 0 Å². The van der Waals surface area contributed by atoms with Gasteiger partial charge in [0.25, 0.3) is 0 Å². The fraction of sp³-hybridized carbons (Fsp3) is 0.500. The maximum atomic E-state index is 10.1. The molecule has 0 aliphatic heterocycles. The lowest BCUT2D eigenvalue weighted by molar-refractivity contribution is 0.343. The first-order valence-electron chi connectivity index (χ1n) is 5.40. The second-order valence-electron chi connectivity index (χ2n) is 3.83. The Morgan fingerprint density at radius 3 is 2.53 bits per heavy atom. The summed E-state index contributed by atoms with van der Waals surface area (Å²) in [6.07, 6.45) is 0.767. The van der Waals surface area contributed by atoms with E-state index in [-0.39, 0.29) is 11.7 Å². The van der Waals surface area contributed by atoms with Crippen LogP contribution in [-0.4, -0.2) is 25.9 Å². The fourth-order valence-electron chi connectivity index (χ4n) is 1.83. The number of halogens is 1. The van der Waals surface area contributed by atoms with Gasteiger partial charge in [0.15, 0.2) is 11.5 Å². The van der Waals surface area contributed by atoms with Gasteiger partial charge in [0.1, 0.15) is 5.75 Å². The van der Waals surface area contributed by atoms with Crippen LogP contribution in [0.5, 0.6) is 17.2 Å². The van der Waals surface area contributed by atoms with Crippen LogP contribution in [0, 0.1) is 0 Å². The molecule has 4 nitrogen and oxygen atoms in total. The molecule has 0 bridgehead atoms. The number of ether oxygens (including phenoxy) is 2. The van der Waals surface area contributed by atoms with E-state index in [1.165, 1.54) is 0 Å². The summed E-state index contributed by atoms with van der Waals surface area (Å²) in [5, 5.41) is 10.1. The van der Waals surface area contributed by atoms with E-state index in [9.17, 15) is 5.11 Å². The van der Waals surface area contributed by atoms with Gasteiger partial charge in [-0.25, -0.2) is 0 Å². The minimum atomic E-state index is 0.0985. The van der Waals surface area contributed by atoms with Crippen molar-refractivity contribution in [3.63, 3.8) is 0 Å². The summed E-state index contributed by atoms with van der Waals surface area (Å²) < 4.78 is 11.2. The van der Waals surface area contributed by atoms with Crippen molar-refractivity contribution in [2.24, 2.45) is 5.73 Å². The molecule has 3 N–H and O–H groups in total. The first-order valence-corrected chi connectivity index (χ1v) is 6.19. The van der Waals surface area contributed by atoms with Crippen molar-refractivity contribution in [3.8, 4) is 17.2 Å². The molecule has 0 aliphatic carbocycles. The van der Waals surface area contributed by atoms with Gasteiger partial charge < -0.3 is 20.3 Å². The van der Waals surface area contributed by atoms with Crippen molar-refractivity contribution in [1.29, 1.82) is 0 Å². The highest BCUT2D eigenvalue weighted by molar-refractivity contribution is 9.10. The number of phenols is 1. The zero-order valence-corrected chi connectivity index (χ0v) is 11.9. The number of nitrogens with two attached hydrogens (primary N) is 1. The Morgan fingerprint density at radius 1 is 1.41 bits per heavy atom. The number of hydrogen-bond acceptors (Lipinski definition) is 4. The maximum absolute atomic E-state index is 10.1. The molecule has 0 fully saturated rings. The molecule has 0 spiro atoms.